The van der Waals surface area contributed by atoms with E-state index in [1.807, 2.05) is 12.1 Å². The van der Waals surface area contributed by atoms with Crippen molar-refractivity contribution in [2.75, 3.05) is 32.7 Å². The van der Waals surface area contributed by atoms with Gasteiger partial charge in [-0.2, -0.15) is 0 Å². The van der Waals surface area contributed by atoms with E-state index in [0.29, 0.717) is 5.75 Å². The van der Waals surface area contributed by atoms with Crippen LogP contribution < -0.4 is 0 Å². The van der Waals surface area contributed by atoms with Crippen molar-refractivity contribution < 1.29 is 5.11 Å². The van der Waals surface area contributed by atoms with E-state index in [1.165, 1.54) is 69.4 Å². The quantitative estimate of drug-likeness (QED) is 0.925. The van der Waals surface area contributed by atoms with Gasteiger partial charge in [0.2, 0.25) is 0 Å². The van der Waals surface area contributed by atoms with Gasteiger partial charge in [-0.05, 0) is 85.8 Å². The molecule has 3 heteroatoms. The summed E-state index contributed by atoms with van der Waals surface area (Å²) < 4.78 is 0. The van der Waals surface area contributed by atoms with Gasteiger partial charge in [0.15, 0.2) is 0 Å². The van der Waals surface area contributed by atoms with Gasteiger partial charge >= 0.3 is 0 Å². The molecule has 2 aromatic rings. The van der Waals surface area contributed by atoms with Crippen LogP contribution in [0.2, 0.25) is 0 Å². The Balaban J connectivity index is 1.39. The third-order valence-electron chi connectivity index (χ3n) is 5.61. The molecule has 24 heavy (non-hydrogen) atoms. The van der Waals surface area contributed by atoms with Gasteiger partial charge in [-0.15, -0.1) is 0 Å². The Kier molecular flexibility index (Phi) is 4.72. The van der Waals surface area contributed by atoms with Crippen LogP contribution in [0.4, 0.5) is 0 Å². The number of piperidine rings is 1. The molecule has 0 amide bonds. The fraction of sp³-hybridized carbons (Fsp3) is 0.524. The molecule has 0 aromatic heterocycles. The number of hydrogen-bond donors (Lipinski definition) is 1. The van der Waals surface area contributed by atoms with E-state index in [-0.39, 0.29) is 0 Å². The highest BCUT2D eigenvalue weighted by Crippen LogP contribution is 2.24. The summed E-state index contributed by atoms with van der Waals surface area (Å²) in [5.74, 6) is 1.19. The third kappa shape index (κ3) is 3.73. The molecule has 0 spiro atoms. The molecule has 1 unspecified atom stereocenters. The van der Waals surface area contributed by atoms with Gasteiger partial charge in [0.25, 0.3) is 0 Å². The Morgan fingerprint density at radius 2 is 1.62 bits per heavy atom. The zero-order valence-electron chi connectivity index (χ0n) is 14.5. The molecule has 0 radical (unpaired) electrons. The summed E-state index contributed by atoms with van der Waals surface area (Å²) in [6.45, 7) is 7.44. The van der Waals surface area contributed by atoms with Crippen LogP contribution in [0.3, 0.4) is 0 Å². The number of fused-ring (bicyclic) bond motifs is 1. The van der Waals surface area contributed by atoms with Crippen molar-refractivity contribution in [2.24, 2.45) is 5.92 Å². The summed E-state index contributed by atoms with van der Waals surface area (Å²) in [5.41, 5.74) is 1.38. The maximum Gasteiger partial charge on any atom is 0.116 e. The normalized spacial score (nSPS) is 23.1. The van der Waals surface area contributed by atoms with E-state index in [2.05, 4.69) is 28.0 Å². The van der Waals surface area contributed by atoms with Crippen molar-refractivity contribution in [1.29, 1.82) is 0 Å². The monoisotopic (exact) mass is 324 g/mol. The smallest absolute Gasteiger partial charge is 0.116 e. The molecule has 1 N–H and O–H groups in total. The molecule has 3 nitrogen and oxygen atoms in total. The average Bonchev–Trinajstić information content (AvgIpc) is 3.08. The first-order valence-electron chi connectivity index (χ1n) is 9.43. The Morgan fingerprint density at radius 3 is 2.50 bits per heavy atom. The molecular formula is C21H28N2O. The number of hydrogen-bond acceptors (Lipinski definition) is 3. The predicted molar refractivity (Wildman–Crippen MR) is 99.3 cm³/mol. The molecule has 2 aliphatic rings. The predicted octanol–water partition coefficient (Wildman–Crippen LogP) is 3.85. The first-order chi connectivity index (χ1) is 11.8. The van der Waals surface area contributed by atoms with Gasteiger partial charge < -0.3 is 10.0 Å². The summed E-state index contributed by atoms with van der Waals surface area (Å²) in [7, 11) is 0. The van der Waals surface area contributed by atoms with Crippen molar-refractivity contribution >= 4 is 10.8 Å². The molecule has 2 aromatic carbocycles. The van der Waals surface area contributed by atoms with Gasteiger partial charge in [-0.25, -0.2) is 0 Å². The molecule has 2 saturated heterocycles. The number of phenols is 1. The molecule has 2 fully saturated rings. The molecule has 2 aliphatic heterocycles. The van der Waals surface area contributed by atoms with Gasteiger partial charge in [-0.1, -0.05) is 18.2 Å². The summed E-state index contributed by atoms with van der Waals surface area (Å²) in [6.07, 6.45) is 5.51. The Morgan fingerprint density at radius 1 is 0.875 bits per heavy atom. The standard InChI is InChI=1S/C21H28N2O/c24-21-8-7-19-12-17(5-6-20(19)13-21)14-23-11-3-4-18(16-23)15-22-9-1-2-10-22/h5-8,12-13,18,24H,1-4,9-11,14-16H2. The fourth-order valence-electron chi connectivity index (χ4n) is 4.41. The van der Waals surface area contributed by atoms with Crippen molar-refractivity contribution in [3.05, 3.63) is 42.0 Å². The highest BCUT2D eigenvalue weighted by Gasteiger charge is 2.23. The number of rotatable bonds is 4. The van der Waals surface area contributed by atoms with E-state index >= 15 is 0 Å². The molecule has 1 atom stereocenters. The van der Waals surface area contributed by atoms with Gasteiger partial charge in [0, 0.05) is 19.6 Å². The lowest BCUT2D eigenvalue weighted by atomic mass is 9.96. The van der Waals surface area contributed by atoms with Crippen LogP contribution >= 0.6 is 0 Å². The largest absolute Gasteiger partial charge is 0.508 e. The zero-order valence-corrected chi connectivity index (χ0v) is 14.5. The van der Waals surface area contributed by atoms with Crippen LogP contribution in [0.1, 0.15) is 31.2 Å². The van der Waals surface area contributed by atoms with Crippen molar-refractivity contribution in [3.8, 4) is 5.75 Å². The lowest BCUT2D eigenvalue weighted by Gasteiger charge is -2.34. The maximum absolute atomic E-state index is 9.59. The zero-order chi connectivity index (χ0) is 16.4. The van der Waals surface area contributed by atoms with Crippen LogP contribution in [0.5, 0.6) is 5.75 Å². The Labute approximate surface area is 144 Å². The number of benzene rings is 2. The second-order valence-corrected chi connectivity index (χ2v) is 7.62. The Hall–Kier alpha value is -1.58. The fourth-order valence-corrected chi connectivity index (χ4v) is 4.41. The highest BCUT2D eigenvalue weighted by molar-refractivity contribution is 5.84. The van der Waals surface area contributed by atoms with Gasteiger partial charge in [0.1, 0.15) is 5.75 Å². The van der Waals surface area contributed by atoms with Crippen LogP contribution in [-0.4, -0.2) is 47.6 Å². The topological polar surface area (TPSA) is 26.7 Å². The second kappa shape index (κ2) is 7.12. The van der Waals surface area contributed by atoms with Crippen LogP contribution in [0.15, 0.2) is 36.4 Å². The molecule has 0 aliphatic carbocycles. The number of aromatic hydroxyl groups is 1. The summed E-state index contributed by atoms with van der Waals surface area (Å²) in [5, 5.41) is 11.9. The molecular weight excluding hydrogens is 296 g/mol. The second-order valence-electron chi connectivity index (χ2n) is 7.62. The molecule has 128 valence electrons. The maximum atomic E-state index is 9.59. The molecule has 0 bridgehead atoms. The van der Waals surface area contributed by atoms with E-state index in [1.54, 1.807) is 6.07 Å². The van der Waals surface area contributed by atoms with Gasteiger partial charge in [0.05, 0.1) is 0 Å². The van der Waals surface area contributed by atoms with E-state index in [4.69, 9.17) is 0 Å². The van der Waals surface area contributed by atoms with Crippen molar-refractivity contribution in [3.63, 3.8) is 0 Å². The van der Waals surface area contributed by atoms with Crippen molar-refractivity contribution in [2.45, 2.75) is 32.2 Å². The number of phenolic OH excluding ortho intramolecular Hbond substituents is 1. The van der Waals surface area contributed by atoms with Crippen molar-refractivity contribution in [1.82, 2.24) is 9.80 Å². The van der Waals surface area contributed by atoms with Crippen LogP contribution in [0.25, 0.3) is 10.8 Å². The van der Waals surface area contributed by atoms with E-state index in [9.17, 15) is 5.11 Å². The minimum absolute atomic E-state index is 0.344. The number of likely N-dealkylation sites (tertiary alicyclic amines) is 2. The molecule has 0 saturated carbocycles. The summed E-state index contributed by atoms with van der Waals surface area (Å²) in [6, 6.07) is 12.3. The number of nitrogens with zero attached hydrogens (tertiary/aromatic N) is 2. The van der Waals surface area contributed by atoms with Crippen LogP contribution in [0, 0.1) is 5.92 Å². The van der Waals surface area contributed by atoms with Gasteiger partial charge in [-0.3, -0.25) is 4.90 Å². The Bertz CT molecular complexity index is 693. The minimum atomic E-state index is 0.344. The lowest BCUT2D eigenvalue weighted by Crippen LogP contribution is -2.40. The van der Waals surface area contributed by atoms with E-state index < -0.39 is 0 Å². The SMILES string of the molecule is Oc1ccc2cc(CN3CCCC(CN4CCCC4)C3)ccc2c1. The summed E-state index contributed by atoms with van der Waals surface area (Å²) >= 11 is 0. The lowest BCUT2D eigenvalue weighted by molar-refractivity contribution is 0.137. The highest BCUT2D eigenvalue weighted by atomic mass is 16.3. The minimum Gasteiger partial charge on any atom is -0.508 e. The average molecular weight is 324 g/mol. The third-order valence-corrected chi connectivity index (χ3v) is 5.61. The van der Waals surface area contributed by atoms with E-state index in [0.717, 1.165) is 17.8 Å². The molecule has 2 heterocycles. The summed E-state index contributed by atoms with van der Waals surface area (Å²) in [4.78, 5) is 5.29. The first kappa shape index (κ1) is 15.9. The van der Waals surface area contributed by atoms with Crippen LogP contribution in [-0.2, 0) is 6.54 Å². The first-order valence-corrected chi connectivity index (χ1v) is 9.43. The molecule has 4 rings (SSSR count).